The van der Waals surface area contributed by atoms with Gasteiger partial charge in [-0.3, -0.25) is 9.59 Å². The van der Waals surface area contributed by atoms with Crippen LogP contribution < -0.4 is 5.32 Å². The first-order valence-electron chi connectivity index (χ1n) is 6.71. The monoisotopic (exact) mass is 253 g/mol. The molecule has 0 bridgehead atoms. The quantitative estimate of drug-likeness (QED) is 0.684. The van der Waals surface area contributed by atoms with Crippen molar-refractivity contribution in [2.24, 2.45) is 11.3 Å². The van der Waals surface area contributed by atoms with Crippen molar-refractivity contribution in [3.05, 3.63) is 12.2 Å². The second kappa shape index (κ2) is 6.57. The maximum Gasteiger partial charge on any atom is 0.311 e. The molecule has 0 spiro atoms. The second-order valence-corrected chi connectivity index (χ2v) is 5.04. The van der Waals surface area contributed by atoms with Gasteiger partial charge in [0.15, 0.2) is 0 Å². The summed E-state index contributed by atoms with van der Waals surface area (Å²) < 4.78 is 0. The minimum Gasteiger partial charge on any atom is -0.481 e. The van der Waals surface area contributed by atoms with Gasteiger partial charge >= 0.3 is 5.97 Å². The first kappa shape index (κ1) is 14.7. The fourth-order valence-corrected chi connectivity index (χ4v) is 2.32. The van der Waals surface area contributed by atoms with E-state index < -0.39 is 11.4 Å². The van der Waals surface area contributed by atoms with E-state index in [-0.39, 0.29) is 12.5 Å². The van der Waals surface area contributed by atoms with Gasteiger partial charge in [0.1, 0.15) is 0 Å². The van der Waals surface area contributed by atoms with Gasteiger partial charge in [-0.2, -0.15) is 0 Å². The smallest absolute Gasteiger partial charge is 0.311 e. The Kier molecular flexibility index (Phi) is 5.38. The molecule has 0 aliphatic heterocycles. The molecule has 0 heterocycles. The number of hydrogen-bond donors (Lipinski definition) is 2. The average Bonchev–Trinajstić information content (AvgIpc) is 2.83. The number of rotatable bonds is 7. The van der Waals surface area contributed by atoms with Gasteiger partial charge in [-0.1, -0.05) is 26.0 Å². The van der Waals surface area contributed by atoms with Gasteiger partial charge in [-0.25, -0.2) is 0 Å². The zero-order valence-corrected chi connectivity index (χ0v) is 11.2. The molecular formula is C14H23NO3. The Morgan fingerprint density at radius 1 is 1.39 bits per heavy atom. The van der Waals surface area contributed by atoms with Gasteiger partial charge in [-0.05, 0) is 31.6 Å². The Hall–Kier alpha value is -1.32. The number of allylic oxidation sites excluding steroid dienone is 2. The minimum absolute atomic E-state index is 0.0425. The number of hydrogen-bond acceptors (Lipinski definition) is 2. The lowest BCUT2D eigenvalue weighted by molar-refractivity contribution is -0.149. The van der Waals surface area contributed by atoms with Crippen molar-refractivity contribution in [2.75, 3.05) is 6.54 Å². The van der Waals surface area contributed by atoms with E-state index in [2.05, 4.69) is 17.5 Å². The number of carbonyl (C=O) groups excluding carboxylic acids is 1. The van der Waals surface area contributed by atoms with Crippen LogP contribution in [0.5, 0.6) is 0 Å². The van der Waals surface area contributed by atoms with Crippen LogP contribution in [0.2, 0.25) is 0 Å². The highest BCUT2D eigenvalue weighted by atomic mass is 16.4. The van der Waals surface area contributed by atoms with Crippen LogP contribution in [0.15, 0.2) is 12.2 Å². The van der Waals surface area contributed by atoms with Gasteiger partial charge in [0.25, 0.3) is 0 Å². The van der Waals surface area contributed by atoms with Crippen LogP contribution in [0.3, 0.4) is 0 Å². The molecule has 1 aliphatic rings. The number of aliphatic carboxylic acids is 1. The highest BCUT2D eigenvalue weighted by Gasteiger charge is 2.35. The third-order valence-electron chi connectivity index (χ3n) is 3.99. The molecular weight excluding hydrogens is 230 g/mol. The Balaban J connectivity index is 2.44. The fraction of sp³-hybridized carbons (Fsp3) is 0.714. The molecule has 1 aliphatic carbocycles. The molecule has 1 amide bonds. The van der Waals surface area contributed by atoms with E-state index in [9.17, 15) is 14.7 Å². The number of carboxylic acids is 1. The SMILES string of the molecule is CCC(CC)(CNC(=O)CC1C=CCC1)C(=O)O. The normalized spacial score (nSPS) is 18.9. The van der Waals surface area contributed by atoms with Gasteiger partial charge in [-0.15, -0.1) is 0 Å². The van der Waals surface area contributed by atoms with Crippen LogP contribution in [0.1, 0.15) is 46.0 Å². The molecule has 1 atom stereocenters. The van der Waals surface area contributed by atoms with E-state index in [0.717, 1.165) is 12.8 Å². The molecule has 0 saturated heterocycles. The highest BCUT2D eigenvalue weighted by molar-refractivity contribution is 5.79. The predicted molar refractivity (Wildman–Crippen MR) is 70.1 cm³/mol. The first-order valence-corrected chi connectivity index (χ1v) is 6.71. The summed E-state index contributed by atoms with van der Waals surface area (Å²) in [4.78, 5) is 23.0. The molecule has 2 N–H and O–H groups in total. The van der Waals surface area contributed by atoms with Gasteiger partial charge in [0, 0.05) is 13.0 Å². The number of amides is 1. The molecule has 4 heteroatoms. The van der Waals surface area contributed by atoms with E-state index in [1.54, 1.807) is 0 Å². The van der Waals surface area contributed by atoms with Crippen LogP contribution >= 0.6 is 0 Å². The highest BCUT2D eigenvalue weighted by Crippen LogP contribution is 2.26. The summed E-state index contributed by atoms with van der Waals surface area (Å²) >= 11 is 0. The lowest BCUT2D eigenvalue weighted by atomic mass is 9.82. The van der Waals surface area contributed by atoms with Crippen molar-refractivity contribution >= 4 is 11.9 Å². The number of carbonyl (C=O) groups is 2. The number of nitrogens with one attached hydrogen (secondary N) is 1. The Morgan fingerprint density at radius 2 is 2.06 bits per heavy atom. The summed E-state index contributed by atoms with van der Waals surface area (Å²) in [5.74, 6) is -0.542. The summed E-state index contributed by atoms with van der Waals surface area (Å²) in [6, 6.07) is 0. The molecule has 0 aromatic heterocycles. The Bertz CT molecular complexity index is 332. The van der Waals surface area contributed by atoms with Crippen LogP contribution in [-0.4, -0.2) is 23.5 Å². The van der Waals surface area contributed by atoms with Crippen molar-refractivity contribution in [1.29, 1.82) is 0 Å². The summed E-state index contributed by atoms with van der Waals surface area (Å²) in [5, 5.41) is 12.0. The van der Waals surface area contributed by atoms with E-state index in [1.165, 1.54) is 0 Å². The van der Waals surface area contributed by atoms with E-state index in [1.807, 2.05) is 13.8 Å². The molecule has 102 valence electrons. The zero-order valence-electron chi connectivity index (χ0n) is 11.2. The summed E-state index contributed by atoms with van der Waals surface area (Å²) in [5.41, 5.74) is -0.818. The van der Waals surface area contributed by atoms with Gasteiger partial charge in [0.2, 0.25) is 5.91 Å². The molecule has 18 heavy (non-hydrogen) atoms. The maximum atomic E-state index is 11.8. The van der Waals surface area contributed by atoms with Crippen molar-refractivity contribution in [3.63, 3.8) is 0 Å². The molecule has 0 radical (unpaired) electrons. The van der Waals surface area contributed by atoms with Crippen LogP contribution in [0.4, 0.5) is 0 Å². The standard InChI is InChI=1S/C14H23NO3/c1-3-14(4-2,13(17)18)10-15-12(16)9-11-7-5-6-8-11/h5,7,11H,3-4,6,8-10H2,1-2H3,(H,15,16)(H,17,18). The number of carboxylic acid groups (broad SMARTS) is 1. The second-order valence-electron chi connectivity index (χ2n) is 5.04. The molecule has 0 saturated carbocycles. The van der Waals surface area contributed by atoms with Crippen LogP contribution in [-0.2, 0) is 9.59 Å². The average molecular weight is 253 g/mol. The summed E-state index contributed by atoms with van der Waals surface area (Å²) in [7, 11) is 0. The molecule has 1 unspecified atom stereocenters. The fourth-order valence-electron chi connectivity index (χ4n) is 2.32. The Labute approximate surface area is 108 Å². The third-order valence-corrected chi connectivity index (χ3v) is 3.99. The third kappa shape index (κ3) is 3.59. The van der Waals surface area contributed by atoms with Crippen LogP contribution in [0, 0.1) is 11.3 Å². The van der Waals surface area contributed by atoms with Gasteiger partial charge in [0.05, 0.1) is 5.41 Å². The lowest BCUT2D eigenvalue weighted by Gasteiger charge is -2.27. The topological polar surface area (TPSA) is 66.4 Å². The molecule has 4 nitrogen and oxygen atoms in total. The summed E-state index contributed by atoms with van der Waals surface area (Å²) in [6.45, 7) is 3.93. The maximum absolute atomic E-state index is 11.8. The zero-order chi connectivity index (χ0) is 13.6. The molecule has 0 fully saturated rings. The van der Waals surface area contributed by atoms with Gasteiger partial charge < -0.3 is 10.4 Å². The largest absolute Gasteiger partial charge is 0.481 e. The molecule has 0 aromatic rings. The summed E-state index contributed by atoms with van der Waals surface area (Å²) in [6.07, 6.45) is 7.77. The van der Waals surface area contributed by atoms with Crippen LogP contribution in [0.25, 0.3) is 0 Å². The van der Waals surface area contributed by atoms with Crippen molar-refractivity contribution < 1.29 is 14.7 Å². The van der Waals surface area contributed by atoms with E-state index in [4.69, 9.17) is 0 Å². The molecule has 1 rings (SSSR count). The van der Waals surface area contributed by atoms with E-state index in [0.29, 0.717) is 25.2 Å². The van der Waals surface area contributed by atoms with E-state index >= 15 is 0 Å². The predicted octanol–water partition coefficient (Wildman–Crippen LogP) is 2.35. The first-order chi connectivity index (χ1) is 8.54. The Morgan fingerprint density at radius 3 is 2.50 bits per heavy atom. The lowest BCUT2D eigenvalue weighted by Crippen LogP contribution is -2.42. The van der Waals surface area contributed by atoms with Crippen molar-refractivity contribution in [3.8, 4) is 0 Å². The molecule has 0 aromatic carbocycles. The minimum atomic E-state index is -0.825. The van der Waals surface area contributed by atoms with Crippen molar-refractivity contribution in [1.82, 2.24) is 5.32 Å². The van der Waals surface area contributed by atoms with Crippen molar-refractivity contribution in [2.45, 2.75) is 46.0 Å².